The molecule has 0 radical (unpaired) electrons. The number of hydrogen-bond donors (Lipinski definition) is 2. The number of anilines is 1. The maximum absolute atomic E-state index is 15.5. The molecule has 3 aromatic heterocycles. The number of carbonyl (C=O) groups is 1. The van der Waals surface area contributed by atoms with E-state index in [1.165, 1.54) is 30.3 Å². The first-order valence-corrected chi connectivity index (χ1v) is 21.3. The number of amides is 1. The predicted octanol–water partition coefficient (Wildman–Crippen LogP) is 8.04. The minimum absolute atomic E-state index is 0.00446. The number of sulfonamides is 1. The number of aromatic nitrogens is 6. The SMILES string of the molecule is O=C(Cn1nc(C(F)F)c2c1C(F)(F)[C@H]1C[C@@H]21)NC(Cc1cc(F)cc(F)c1)c1nc2cc(Br)ccc2c(=O)n1-c1ccc(Cl)c2c(NS(=O)(=O)C3CC3)nn(CC(F)F)c12. The van der Waals surface area contributed by atoms with Crippen molar-refractivity contribution in [3.63, 3.8) is 0 Å². The van der Waals surface area contributed by atoms with Gasteiger partial charge in [0.1, 0.15) is 41.9 Å². The number of hydrogen-bond acceptors (Lipinski definition) is 7. The number of nitrogens with one attached hydrogen (secondary N) is 2. The molecule has 12 nitrogen and oxygen atoms in total. The quantitative estimate of drug-likeness (QED) is 0.112. The lowest BCUT2D eigenvalue weighted by Crippen LogP contribution is -2.38. The van der Waals surface area contributed by atoms with E-state index in [0.29, 0.717) is 28.1 Å². The van der Waals surface area contributed by atoms with Crippen LogP contribution in [0.15, 0.2) is 57.8 Å². The summed E-state index contributed by atoms with van der Waals surface area (Å²) in [6.45, 7) is -2.17. The third-order valence-corrected chi connectivity index (χ3v) is 13.5. The topological polar surface area (TPSA) is 146 Å². The van der Waals surface area contributed by atoms with Crippen LogP contribution in [0.5, 0.6) is 0 Å². The van der Waals surface area contributed by atoms with Gasteiger partial charge < -0.3 is 5.32 Å². The minimum atomic E-state index is -4.06. The fraction of sp³-hybridized carbons (Fsp3) is 0.342. The standard InChI is InChI=1S/C38H28BrClF8N8O4S/c39-16-1-4-20-24(10-16)50-36(56(37(20)58)26-6-5-23(40)30-32(26)54(13-27(43)44)52-35(30)53-61(59,60)19-2-3-19)25(9-15-7-17(41)11-18(42)8-15)49-28(57)14-55-33-29(31(51-55)34(45)46)21-12-22(21)38(33,47)48/h1,4-8,10-11,19,21-22,25,27,34H,2-3,9,12-14H2,(H,49,57)(H,52,53)/t21-,22+,25?/m1/s1. The first kappa shape index (κ1) is 41.3. The monoisotopic (exact) mass is 958 g/mol. The van der Waals surface area contributed by atoms with Crippen LogP contribution < -0.4 is 15.6 Å². The van der Waals surface area contributed by atoms with Crippen molar-refractivity contribution in [3.05, 3.63) is 108 Å². The van der Waals surface area contributed by atoms with Crippen LogP contribution in [0.25, 0.3) is 27.5 Å². The molecule has 0 spiro atoms. The van der Waals surface area contributed by atoms with Gasteiger partial charge in [0.05, 0.1) is 43.8 Å². The Hall–Kier alpha value is -5.09. The molecule has 320 valence electrons. The second kappa shape index (κ2) is 14.8. The lowest BCUT2D eigenvalue weighted by atomic mass is 10.0. The highest BCUT2D eigenvalue weighted by atomic mass is 79.9. The number of fused-ring (bicyclic) bond motifs is 5. The number of halogens is 10. The van der Waals surface area contributed by atoms with E-state index in [1.54, 1.807) is 0 Å². The largest absolute Gasteiger partial charge is 0.344 e. The fourth-order valence-corrected chi connectivity index (χ4v) is 10.1. The molecule has 0 bridgehead atoms. The van der Waals surface area contributed by atoms with E-state index in [-0.39, 0.29) is 50.1 Å². The van der Waals surface area contributed by atoms with E-state index in [2.05, 4.69) is 41.2 Å². The van der Waals surface area contributed by atoms with Gasteiger partial charge in [-0.25, -0.2) is 39.7 Å². The van der Waals surface area contributed by atoms with Crippen LogP contribution in [-0.4, -0.2) is 55.1 Å². The van der Waals surface area contributed by atoms with Crippen molar-refractivity contribution < 1.29 is 48.3 Å². The van der Waals surface area contributed by atoms with Gasteiger partial charge in [-0.3, -0.25) is 28.2 Å². The molecule has 3 aromatic carbocycles. The van der Waals surface area contributed by atoms with E-state index < -0.39 is 118 Å². The van der Waals surface area contributed by atoms with E-state index in [9.17, 15) is 44.3 Å². The van der Waals surface area contributed by atoms with Crippen molar-refractivity contribution in [1.29, 1.82) is 0 Å². The molecule has 6 aromatic rings. The molecule has 3 aliphatic rings. The Labute approximate surface area is 352 Å². The first-order chi connectivity index (χ1) is 28.8. The molecule has 3 heterocycles. The molecule has 2 fully saturated rings. The summed E-state index contributed by atoms with van der Waals surface area (Å²) in [4.78, 5) is 33.5. The molecule has 9 rings (SSSR count). The van der Waals surface area contributed by atoms with Crippen LogP contribution in [0, 0.1) is 17.6 Å². The van der Waals surface area contributed by atoms with Gasteiger partial charge in [-0.15, -0.1) is 0 Å². The summed E-state index contributed by atoms with van der Waals surface area (Å²) in [6.07, 6.45) is -6.22. The Morgan fingerprint density at radius 1 is 1.00 bits per heavy atom. The van der Waals surface area contributed by atoms with Crippen molar-refractivity contribution in [2.24, 2.45) is 5.92 Å². The molecule has 23 heteroatoms. The molecule has 0 saturated heterocycles. The summed E-state index contributed by atoms with van der Waals surface area (Å²) in [7, 11) is -4.06. The number of carbonyl (C=O) groups excluding carboxylic acids is 1. The van der Waals surface area contributed by atoms with Crippen LogP contribution in [0.3, 0.4) is 0 Å². The first-order valence-electron chi connectivity index (χ1n) is 18.5. The highest BCUT2D eigenvalue weighted by molar-refractivity contribution is 9.10. The molecule has 2 N–H and O–H groups in total. The van der Waals surface area contributed by atoms with Crippen molar-refractivity contribution in [2.45, 2.75) is 74.8 Å². The Balaban J connectivity index is 1.24. The summed E-state index contributed by atoms with van der Waals surface area (Å²) >= 11 is 9.92. The second-order valence-electron chi connectivity index (χ2n) is 15.1. The van der Waals surface area contributed by atoms with E-state index in [0.717, 1.165) is 21.4 Å². The van der Waals surface area contributed by atoms with Crippen LogP contribution in [-0.2, 0) is 40.3 Å². The summed E-state index contributed by atoms with van der Waals surface area (Å²) in [5.41, 5.74) is -3.57. The molecule has 0 aliphatic heterocycles. The average molecular weight is 960 g/mol. The Bertz CT molecular complexity index is 2980. The summed E-state index contributed by atoms with van der Waals surface area (Å²) in [5, 5.41) is 9.21. The number of rotatable bonds is 13. The molecule has 61 heavy (non-hydrogen) atoms. The van der Waals surface area contributed by atoms with E-state index in [4.69, 9.17) is 11.6 Å². The van der Waals surface area contributed by atoms with Crippen LogP contribution >= 0.6 is 27.5 Å². The fourth-order valence-electron chi connectivity index (χ4n) is 8.14. The van der Waals surface area contributed by atoms with Gasteiger partial charge in [0.15, 0.2) is 5.82 Å². The molecular formula is C38H28BrClF8N8O4S. The number of alkyl halides is 6. The third-order valence-electron chi connectivity index (χ3n) is 10.9. The van der Waals surface area contributed by atoms with Crippen molar-refractivity contribution >= 4 is 71.1 Å². The van der Waals surface area contributed by atoms with E-state index in [1.807, 2.05) is 0 Å². The van der Waals surface area contributed by atoms with Gasteiger partial charge in [-0.2, -0.15) is 19.0 Å². The Kier molecular flexibility index (Phi) is 10.0. The summed E-state index contributed by atoms with van der Waals surface area (Å²) in [6, 6.07) is 7.58. The maximum atomic E-state index is 15.5. The zero-order chi connectivity index (χ0) is 43.4. The number of nitrogens with zero attached hydrogens (tertiary/aromatic N) is 6. The molecule has 3 atom stereocenters. The Morgan fingerprint density at radius 2 is 1.72 bits per heavy atom. The Morgan fingerprint density at radius 3 is 2.39 bits per heavy atom. The molecule has 1 amide bonds. The molecule has 3 aliphatic carbocycles. The van der Waals surface area contributed by atoms with Crippen LogP contribution in [0.4, 0.5) is 40.9 Å². The molecular weight excluding hydrogens is 932 g/mol. The van der Waals surface area contributed by atoms with Gasteiger partial charge in [0.25, 0.3) is 24.3 Å². The van der Waals surface area contributed by atoms with Gasteiger partial charge in [0.2, 0.25) is 15.9 Å². The lowest BCUT2D eigenvalue weighted by molar-refractivity contribution is -0.123. The van der Waals surface area contributed by atoms with Gasteiger partial charge in [0, 0.05) is 28.4 Å². The molecule has 2 saturated carbocycles. The zero-order valence-electron chi connectivity index (χ0n) is 30.8. The summed E-state index contributed by atoms with van der Waals surface area (Å²) in [5.74, 6) is -9.69. The minimum Gasteiger partial charge on any atom is -0.344 e. The zero-order valence-corrected chi connectivity index (χ0v) is 34.0. The smallest absolute Gasteiger partial charge is 0.293 e. The van der Waals surface area contributed by atoms with Crippen molar-refractivity contribution in [1.82, 2.24) is 34.4 Å². The highest BCUT2D eigenvalue weighted by Gasteiger charge is 2.67. The maximum Gasteiger partial charge on any atom is 0.293 e. The second-order valence-corrected chi connectivity index (χ2v) is 18.4. The van der Waals surface area contributed by atoms with Crippen molar-refractivity contribution in [3.8, 4) is 5.69 Å². The summed E-state index contributed by atoms with van der Waals surface area (Å²) < 4.78 is 148. The van der Waals surface area contributed by atoms with Crippen molar-refractivity contribution in [2.75, 3.05) is 4.72 Å². The average Bonchev–Trinajstić information content (AvgIpc) is 4.08. The van der Waals surface area contributed by atoms with E-state index >= 15 is 8.78 Å². The van der Waals surface area contributed by atoms with Crippen LogP contribution in [0.1, 0.15) is 66.0 Å². The highest BCUT2D eigenvalue weighted by Crippen LogP contribution is 2.68. The normalized spacial score (nSPS) is 18.6. The van der Waals surface area contributed by atoms with Crippen LogP contribution in [0.2, 0.25) is 5.02 Å². The molecule has 1 unspecified atom stereocenters. The third kappa shape index (κ3) is 7.32. The number of benzene rings is 3. The predicted molar refractivity (Wildman–Crippen MR) is 208 cm³/mol. The van der Waals surface area contributed by atoms with Gasteiger partial charge in [-0.05, 0) is 73.2 Å². The van der Waals surface area contributed by atoms with Gasteiger partial charge >= 0.3 is 0 Å². The van der Waals surface area contributed by atoms with Gasteiger partial charge in [-0.1, -0.05) is 27.5 Å². The lowest BCUT2D eigenvalue weighted by Gasteiger charge is -2.24.